The van der Waals surface area contributed by atoms with Gasteiger partial charge in [-0.2, -0.15) is 0 Å². The van der Waals surface area contributed by atoms with Crippen molar-refractivity contribution in [3.63, 3.8) is 0 Å². The van der Waals surface area contributed by atoms with Crippen LogP contribution < -0.4 is 0 Å². The molecule has 0 aliphatic rings. The molecule has 0 fully saturated rings. The molecule has 20 heavy (non-hydrogen) atoms. The van der Waals surface area contributed by atoms with E-state index in [1.165, 1.54) is 17.9 Å². The van der Waals surface area contributed by atoms with E-state index in [2.05, 4.69) is 25.1 Å². The van der Waals surface area contributed by atoms with E-state index in [4.69, 9.17) is 5.11 Å². The highest BCUT2D eigenvalue weighted by Crippen LogP contribution is 2.20. The van der Waals surface area contributed by atoms with E-state index in [0.29, 0.717) is 6.42 Å². The van der Waals surface area contributed by atoms with Gasteiger partial charge in [0.05, 0.1) is 12.0 Å². The van der Waals surface area contributed by atoms with Crippen LogP contribution in [0, 0.1) is 5.92 Å². The second-order valence-electron chi connectivity index (χ2n) is 5.27. The highest BCUT2D eigenvalue weighted by molar-refractivity contribution is 5.83. The molecule has 0 saturated heterocycles. The third kappa shape index (κ3) is 3.17. The number of hydrogen-bond donors (Lipinski definition) is 2. The first-order valence-electron chi connectivity index (χ1n) is 6.93. The number of rotatable bonds is 5. The fourth-order valence-corrected chi connectivity index (χ4v) is 2.27. The normalized spacial score (nSPS) is 14.2. The topological polar surface area (TPSA) is 57.5 Å². The Hall–Kier alpha value is -1.87. The van der Waals surface area contributed by atoms with Crippen molar-refractivity contribution in [1.82, 2.24) is 0 Å². The van der Waals surface area contributed by atoms with Crippen LogP contribution in [0.1, 0.15) is 25.0 Å². The molecule has 2 atom stereocenters. The number of benzene rings is 2. The van der Waals surface area contributed by atoms with Crippen LogP contribution in [0.4, 0.5) is 0 Å². The van der Waals surface area contributed by atoms with Crippen LogP contribution >= 0.6 is 0 Å². The molecular formula is C17H20O3. The van der Waals surface area contributed by atoms with Gasteiger partial charge >= 0.3 is 5.97 Å². The minimum atomic E-state index is -0.967. The van der Waals surface area contributed by atoms with E-state index < -0.39 is 18.0 Å². The van der Waals surface area contributed by atoms with Crippen molar-refractivity contribution >= 4 is 16.7 Å². The van der Waals surface area contributed by atoms with Crippen molar-refractivity contribution in [3.8, 4) is 0 Å². The second kappa shape index (κ2) is 6.06. The summed E-state index contributed by atoms with van der Waals surface area (Å²) in [6.07, 6.45) is 0.505. The summed E-state index contributed by atoms with van der Waals surface area (Å²) in [7, 11) is 0. The molecule has 0 radical (unpaired) electrons. The Bertz CT molecular complexity index is 619. The number of aliphatic carboxylic acids is 1. The zero-order valence-corrected chi connectivity index (χ0v) is 11.8. The lowest BCUT2D eigenvalue weighted by molar-refractivity contribution is -0.144. The molecule has 3 heteroatoms. The van der Waals surface area contributed by atoms with E-state index in [1.807, 2.05) is 18.2 Å². The van der Waals surface area contributed by atoms with Crippen LogP contribution in [-0.4, -0.2) is 22.3 Å². The largest absolute Gasteiger partial charge is 0.481 e. The molecule has 2 N–H and O–H groups in total. The number of aliphatic hydroxyl groups excluding tert-OH is 1. The standard InChI is InChI=1S/C17H20O3/c1-3-12-4-6-15-9-13(5-7-14(15)8-12)10-16(18)11(2)17(19)20/h4-9,11,16,18H,3,10H2,1-2H3,(H,19,20)/t11?,16-/m0/s1. The molecule has 0 bridgehead atoms. The predicted molar refractivity (Wildman–Crippen MR) is 79.8 cm³/mol. The average Bonchev–Trinajstić information content (AvgIpc) is 2.45. The molecule has 0 spiro atoms. The number of carbonyl (C=O) groups is 1. The molecule has 2 aromatic rings. The van der Waals surface area contributed by atoms with Gasteiger partial charge in [0.15, 0.2) is 0 Å². The Morgan fingerprint density at radius 3 is 2.20 bits per heavy atom. The molecule has 0 aromatic heterocycles. The van der Waals surface area contributed by atoms with E-state index >= 15 is 0 Å². The highest BCUT2D eigenvalue weighted by Gasteiger charge is 2.21. The molecule has 0 heterocycles. The van der Waals surface area contributed by atoms with Gasteiger partial charge in [0.1, 0.15) is 0 Å². The first-order chi connectivity index (χ1) is 9.51. The van der Waals surface area contributed by atoms with Gasteiger partial charge in [0, 0.05) is 0 Å². The highest BCUT2D eigenvalue weighted by atomic mass is 16.4. The predicted octanol–water partition coefficient (Wildman–Crippen LogP) is 3.03. The fourth-order valence-electron chi connectivity index (χ4n) is 2.27. The quantitative estimate of drug-likeness (QED) is 0.879. The smallest absolute Gasteiger partial charge is 0.308 e. The van der Waals surface area contributed by atoms with Gasteiger partial charge in [-0.15, -0.1) is 0 Å². The van der Waals surface area contributed by atoms with Crippen molar-refractivity contribution < 1.29 is 15.0 Å². The zero-order chi connectivity index (χ0) is 14.7. The first-order valence-corrected chi connectivity index (χ1v) is 6.93. The third-order valence-corrected chi connectivity index (χ3v) is 3.79. The Balaban J connectivity index is 2.22. The summed E-state index contributed by atoms with van der Waals surface area (Å²) >= 11 is 0. The van der Waals surface area contributed by atoms with Crippen LogP contribution in [-0.2, 0) is 17.6 Å². The van der Waals surface area contributed by atoms with Gasteiger partial charge in [0.2, 0.25) is 0 Å². The van der Waals surface area contributed by atoms with Gasteiger partial charge in [-0.25, -0.2) is 0 Å². The van der Waals surface area contributed by atoms with Crippen molar-refractivity contribution in [3.05, 3.63) is 47.5 Å². The number of fused-ring (bicyclic) bond motifs is 1. The van der Waals surface area contributed by atoms with Crippen LogP contribution in [0.25, 0.3) is 10.8 Å². The maximum absolute atomic E-state index is 10.9. The zero-order valence-electron chi connectivity index (χ0n) is 11.8. The van der Waals surface area contributed by atoms with Crippen molar-refractivity contribution in [2.24, 2.45) is 5.92 Å². The fraction of sp³-hybridized carbons (Fsp3) is 0.353. The monoisotopic (exact) mass is 272 g/mol. The molecule has 0 amide bonds. The minimum absolute atomic E-state index is 0.360. The molecule has 0 aliphatic heterocycles. The maximum Gasteiger partial charge on any atom is 0.308 e. The summed E-state index contributed by atoms with van der Waals surface area (Å²) in [5.41, 5.74) is 2.26. The van der Waals surface area contributed by atoms with Gasteiger partial charge in [-0.1, -0.05) is 43.3 Å². The molecule has 0 aliphatic carbocycles. The first kappa shape index (κ1) is 14.5. The molecule has 1 unspecified atom stereocenters. The number of aliphatic hydroxyl groups is 1. The number of hydrogen-bond acceptors (Lipinski definition) is 2. The Kier molecular flexibility index (Phi) is 4.40. The Morgan fingerprint density at radius 2 is 1.65 bits per heavy atom. The second-order valence-corrected chi connectivity index (χ2v) is 5.27. The van der Waals surface area contributed by atoms with E-state index in [1.54, 1.807) is 0 Å². The molecule has 2 aromatic carbocycles. The minimum Gasteiger partial charge on any atom is -0.481 e. The summed E-state index contributed by atoms with van der Waals surface area (Å²) in [6, 6.07) is 12.3. The molecule has 3 nitrogen and oxygen atoms in total. The van der Waals surface area contributed by atoms with E-state index in [-0.39, 0.29) is 0 Å². The lowest BCUT2D eigenvalue weighted by Crippen LogP contribution is -2.27. The van der Waals surface area contributed by atoms with Gasteiger partial charge in [-0.05, 0) is 41.7 Å². The summed E-state index contributed by atoms with van der Waals surface area (Å²) in [4.78, 5) is 10.9. The van der Waals surface area contributed by atoms with E-state index in [9.17, 15) is 9.90 Å². The van der Waals surface area contributed by atoms with Crippen LogP contribution in [0.2, 0.25) is 0 Å². The summed E-state index contributed by atoms with van der Waals surface area (Å²) in [5.74, 6) is -1.72. The summed E-state index contributed by atoms with van der Waals surface area (Å²) in [6.45, 7) is 3.65. The molecule has 2 rings (SSSR count). The lowest BCUT2D eigenvalue weighted by atomic mass is 9.95. The SMILES string of the molecule is CCc1ccc2cc(C[C@H](O)C(C)C(=O)O)ccc2c1. The molecule has 0 saturated carbocycles. The van der Waals surface area contributed by atoms with Crippen molar-refractivity contribution in [2.75, 3.05) is 0 Å². The van der Waals surface area contributed by atoms with Gasteiger partial charge in [0.25, 0.3) is 0 Å². The number of carboxylic acid groups (broad SMARTS) is 1. The molecular weight excluding hydrogens is 252 g/mol. The number of aryl methyl sites for hydroxylation is 1. The van der Waals surface area contributed by atoms with Crippen molar-refractivity contribution in [2.45, 2.75) is 32.8 Å². The van der Waals surface area contributed by atoms with Crippen LogP contribution in [0.5, 0.6) is 0 Å². The number of carboxylic acids is 1. The lowest BCUT2D eigenvalue weighted by Gasteiger charge is -2.15. The Labute approximate surface area is 118 Å². The third-order valence-electron chi connectivity index (χ3n) is 3.79. The van der Waals surface area contributed by atoms with E-state index in [0.717, 1.165) is 17.4 Å². The van der Waals surface area contributed by atoms with Crippen molar-refractivity contribution in [1.29, 1.82) is 0 Å². The summed E-state index contributed by atoms with van der Waals surface area (Å²) < 4.78 is 0. The van der Waals surface area contributed by atoms with Gasteiger partial charge in [-0.3, -0.25) is 4.79 Å². The van der Waals surface area contributed by atoms with Crippen LogP contribution in [0.15, 0.2) is 36.4 Å². The Morgan fingerprint density at radius 1 is 1.10 bits per heavy atom. The summed E-state index contributed by atoms with van der Waals surface area (Å²) in [5, 5.41) is 21.1. The van der Waals surface area contributed by atoms with Gasteiger partial charge < -0.3 is 10.2 Å². The average molecular weight is 272 g/mol. The maximum atomic E-state index is 10.9. The molecule has 106 valence electrons. The van der Waals surface area contributed by atoms with Crippen LogP contribution in [0.3, 0.4) is 0 Å².